The molecule has 0 saturated carbocycles. The molecule has 2 aliphatic heterocycles. The molecule has 0 aromatic heterocycles. The zero-order valence-electron chi connectivity index (χ0n) is 14.1. The third kappa shape index (κ3) is 2.48. The molecule has 126 valence electrons. The van der Waals surface area contributed by atoms with E-state index in [0.29, 0.717) is 18.0 Å². The lowest BCUT2D eigenvalue weighted by Gasteiger charge is -2.42. The van der Waals surface area contributed by atoms with Crippen molar-refractivity contribution in [1.29, 1.82) is 0 Å². The van der Waals surface area contributed by atoms with Gasteiger partial charge in [-0.05, 0) is 54.8 Å². The highest BCUT2D eigenvalue weighted by Gasteiger charge is 2.37. The Bertz CT molecular complexity index is 892. The minimum absolute atomic E-state index is 0.151. The molecule has 24 heavy (non-hydrogen) atoms. The molecule has 0 spiro atoms. The maximum atomic E-state index is 13.1. The summed E-state index contributed by atoms with van der Waals surface area (Å²) >= 11 is 0. The summed E-state index contributed by atoms with van der Waals surface area (Å²) < 4.78 is 27.9. The Kier molecular flexibility index (Phi) is 3.75. The fourth-order valence-electron chi connectivity index (χ4n) is 3.91. The number of rotatable bonds is 2. The fraction of sp³-hybridized carbons (Fsp3) is 0.368. The summed E-state index contributed by atoms with van der Waals surface area (Å²) in [6, 6.07) is 13.6. The number of hydrogen-bond acceptors (Lipinski definition) is 3. The number of nitrogens with zero attached hydrogens (tertiary/aromatic N) is 2. The van der Waals surface area contributed by atoms with Gasteiger partial charge in [-0.15, -0.1) is 0 Å². The van der Waals surface area contributed by atoms with Crippen molar-refractivity contribution in [2.75, 3.05) is 20.1 Å². The normalized spacial score (nSPS) is 21.5. The Hall–Kier alpha value is -1.69. The molecule has 0 aliphatic carbocycles. The van der Waals surface area contributed by atoms with Crippen LogP contribution in [0.4, 0.5) is 0 Å². The van der Waals surface area contributed by atoms with E-state index in [2.05, 4.69) is 30.1 Å². The summed E-state index contributed by atoms with van der Waals surface area (Å²) in [6.45, 7) is 3.88. The Morgan fingerprint density at radius 2 is 1.83 bits per heavy atom. The van der Waals surface area contributed by atoms with E-state index in [1.165, 1.54) is 11.1 Å². The molecule has 4 nitrogen and oxygen atoms in total. The monoisotopic (exact) mass is 342 g/mol. The number of aryl methyl sites for hydroxylation is 1. The third-order valence-electron chi connectivity index (χ3n) is 5.24. The van der Waals surface area contributed by atoms with Gasteiger partial charge in [0, 0.05) is 25.7 Å². The molecule has 0 N–H and O–H groups in total. The van der Waals surface area contributed by atoms with Crippen LogP contribution in [-0.2, 0) is 23.0 Å². The van der Waals surface area contributed by atoms with Crippen LogP contribution in [0.2, 0.25) is 0 Å². The summed E-state index contributed by atoms with van der Waals surface area (Å²) in [4.78, 5) is 2.67. The highest BCUT2D eigenvalue weighted by atomic mass is 32.2. The zero-order valence-corrected chi connectivity index (χ0v) is 14.9. The van der Waals surface area contributed by atoms with Gasteiger partial charge in [0.15, 0.2) is 0 Å². The van der Waals surface area contributed by atoms with Crippen LogP contribution < -0.4 is 0 Å². The predicted molar refractivity (Wildman–Crippen MR) is 94.3 cm³/mol. The summed E-state index contributed by atoms with van der Waals surface area (Å²) in [6.07, 6.45) is 1.04. The zero-order chi connectivity index (χ0) is 16.9. The van der Waals surface area contributed by atoms with E-state index in [0.717, 1.165) is 24.1 Å². The summed E-state index contributed by atoms with van der Waals surface area (Å²) in [5, 5.41) is 0. The topological polar surface area (TPSA) is 40.6 Å². The Morgan fingerprint density at radius 3 is 2.62 bits per heavy atom. The van der Waals surface area contributed by atoms with Gasteiger partial charge in [0.2, 0.25) is 10.0 Å². The predicted octanol–water partition coefficient (Wildman–Crippen LogP) is 2.73. The third-order valence-corrected chi connectivity index (χ3v) is 7.04. The van der Waals surface area contributed by atoms with Crippen molar-refractivity contribution < 1.29 is 8.42 Å². The minimum atomic E-state index is -3.48. The van der Waals surface area contributed by atoms with Crippen LogP contribution >= 0.6 is 0 Å². The van der Waals surface area contributed by atoms with Crippen LogP contribution in [0.5, 0.6) is 0 Å². The van der Waals surface area contributed by atoms with Crippen LogP contribution in [0.1, 0.15) is 28.3 Å². The lowest BCUT2D eigenvalue weighted by atomic mass is 9.86. The number of sulfonamides is 1. The maximum Gasteiger partial charge on any atom is 0.243 e. The van der Waals surface area contributed by atoms with Gasteiger partial charge in [0.1, 0.15) is 0 Å². The van der Waals surface area contributed by atoms with Crippen molar-refractivity contribution in [3.05, 3.63) is 64.7 Å². The molecule has 1 atom stereocenters. The largest absolute Gasteiger partial charge is 0.298 e. The van der Waals surface area contributed by atoms with Gasteiger partial charge in [-0.3, -0.25) is 4.90 Å². The van der Waals surface area contributed by atoms with Gasteiger partial charge in [0.05, 0.1) is 4.90 Å². The van der Waals surface area contributed by atoms with E-state index in [-0.39, 0.29) is 6.04 Å². The first-order valence-electron chi connectivity index (χ1n) is 8.34. The van der Waals surface area contributed by atoms with Crippen molar-refractivity contribution in [3.63, 3.8) is 0 Å². The van der Waals surface area contributed by atoms with Crippen LogP contribution in [-0.4, -0.2) is 37.8 Å². The second-order valence-electron chi connectivity index (χ2n) is 6.85. The second kappa shape index (κ2) is 5.69. The maximum absolute atomic E-state index is 13.1. The molecule has 2 aromatic carbocycles. The molecule has 0 amide bonds. The van der Waals surface area contributed by atoms with Crippen molar-refractivity contribution >= 4 is 10.0 Å². The first kappa shape index (κ1) is 15.8. The number of likely N-dealkylation sites (N-methyl/N-ethyl adjacent to an activating group) is 1. The van der Waals surface area contributed by atoms with Crippen molar-refractivity contribution in [2.45, 2.75) is 30.8 Å². The Balaban J connectivity index is 1.77. The Morgan fingerprint density at radius 1 is 1.08 bits per heavy atom. The molecule has 5 heteroatoms. The lowest BCUT2D eigenvalue weighted by molar-refractivity contribution is 0.178. The molecule has 0 radical (unpaired) electrons. The number of benzene rings is 2. The molecular weight excluding hydrogens is 320 g/mol. The molecular formula is C19H22N2O2S. The quantitative estimate of drug-likeness (QED) is 0.843. The van der Waals surface area contributed by atoms with Crippen molar-refractivity contribution in [3.8, 4) is 0 Å². The molecule has 4 rings (SSSR count). The van der Waals surface area contributed by atoms with E-state index < -0.39 is 10.0 Å². The molecule has 2 heterocycles. The molecule has 0 bridgehead atoms. The van der Waals surface area contributed by atoms with E-state index in [4.69, 9.17) is 0 Å². The fourth-order valence-corrected chi connectivity index (χ4v) is 5.44. The van der Waals surface area contributed by atoms with Gasteiger partial charge < -0.3 is 0 Å². The standard InChI is InChI=1S/C19H22N2O2S/c1-14-5-3-8-17(11-14)24(22,23)21-12-16-7-4-6-15-9-10-20(2)18(13-21)19(15)16/h3-8,11,18H,9-10,12-13H2,1-2H3. The second-order valence-corrected chi connectivity index (χ2v) is 8.79. The average molecular weight is 342 g/mol. The smallest absolute Gasteiger partial charge is 0.243 e. The van der Waals surface area contributed by atoms with Crippen LogP contribution in [0.15, 0.2) is 47.4 Å². The van der Waals surface area contributed by atoms with Gasteiger partial charge in [0.25, 0.3) is 0 Å². The highest BCUT2D eigenvalue weighted by molar-refractivity contribution is 7.89. The SMILES string of the molecule is Cc1cccc(S(=O)(=O)N2Cc3cccc4c3C(C2)N(C)CC4)c1. The van der Waals surface area contributed by atoms with Crippen LogP contribution in [0, 0.1) is 6.92 Å². The summed E-state index contributed by atoms with van der Waals surface area (Å²) in [5.74, 6) is 0. The van der Waals surface area contributed by atoms with E-state index >= 15 is 0 Å². The molecule has 2 aromatic rings. The van der Waals surface area contributed by atoms with Crippen LogP contribution in [0.3, 0.4) is 0 Å². The van der Waals surface area contributed by atoms with E-state index in [1.54, 1.807) is 16.4 Å². The first-order chi connectivity index (χ1) is 11.5. The first-order valence-corrected chi connectivity index (χ1v) is 9.78. The van der Waals surface area contributed by atoms with Gasteiger partial charge in [-0.1, -0.05) is 30.3 Å². The Labute approximate surface area is 143 Å². The highest BCUT2D eigenvalue weighted by Crippen LogP contribution is 2.38. The number of hydrogen-bond donors (Lipinski definition) is 0. The van der Waals surface area contributed by atoms with Crippen molar-refractivity contribution in [1.82, 2.24) is 9.21 Å². The van der Waals surface area contributed by atoms with E-state index in [1.807, 2.05) is 19.1 Å². The molecule has 1 unspecified atom stereocenters. The van der Waals surface area contributed by atoms with Crippen LogP contribution in [0.25, 0.3) is 0 Å². The molecule has 0 saturated heterocycles. The van der Waals surface area contributed by atoms with Crippen molar-refractivity contribution in [2.24, 2.45) is 0 Å². The summed E-state index contributed by atoms with van der Waals surface area (Å²) in [5.41, 5.74) is 4.84. The van der Waals surface area contributed by atoms with E-state index in [9.17, 15) is 8.42 Å². The molecule has 2 aliphatic rings. The lowest BCUT2D eigenvalue weighted by Crippen LogP contribution is -2.46. The molecule has 0 fully saturated rings. The minimum Gasteiger partial charge on any atom is -0.298 e. The van der Waals surface area contributed by atoms with Gasteiger partial charge in [-0.25, -0.2) is 8.42 Å². The van der Waals surface area contributed by atoms with Gasteiger partial charge in [-0.2, -0.15) is 4.31 Å². The average Bonchev–Trinajstić information content (AvgIpc) is 2.58. The van der Waals surface area contributed by atoms with Gasteiger partial charge >= 0.3 is 0 Å². The summed E-state index contributed by atoms with van der Waals surface area (Å²) in [7, 11) is -1.39.